The van der Waals surface area contributed by atoms with Crippen molar-refractivity contribution in [1.82, 2.24) is 19.8 Å². The van der Waals surface area contributed by atoms with Gasteiger partial charge in [0.25, 0.3) is 5.56 Å². The lowest BCUT2D eigenvalue weighted by Gasteiger charge is -2.54. The average molecular weight is 473 g/mol. The van der Waals surface area contributed by atoms with E-state index >= 15 is 0 Å². The second kappa shape index (κ2) is 9.54. The Morgan fingerprint density at radius 1 is 1.24 bits per heavy atom. The number of piperidine rings is 1. The fourth-order valence-corrected chi connectivity index (χ4v) is 5.11. The number of hydrogen-bond donors (Lipinski definition) is 1. The first kappa shape index (κ1) is 24.5. The van der Waals surface area contributed by atoms with Gasteiger partial charge in [0.05, 0.1) is 12.5 Å². The number of ether oxygens (including phenoxy) is 3. The summed E-state index contributed by atoms with van der Waals surface area (Å²) in [4.78, 5) is 36.8. The largest absolute Gasteiger partial charge is 0.494 e. The molecule has 0 bridgehead atoms. The summed E-state index contributed by atoms with van der Waals surface area (Å²) in [6.45, 7) is 9.93. The maximum Gasteiger partial charge on any atom is 0.410 e. The van der Waals surface area contributed by atoms with E-state index in [1.54, 1.807) is 32.4 Å². The summed E-state index contributed by atoms with van der Waals surface area (Å²) in [5.41, 5.74) is 0.00436. The van der Waals surface area contributed by atoms with E-state index in [1.807, 2.05) is 25.7 Å². The molecule has 1 N–H and O–H groups in total. The topological polar surface area (TPSA) is 97.0 Å². The molecule has 34 heavy (non-hydrogen) atoms. The van der Waals surface area contributed by atoms with E-state index < -0.39 is 5.60 Å². The normalized spacial score (nSPS) is 19.1. The predicted octanol–water partition coefficient (Wildman–Crippen LogP) is 3.34. The molecule has 1 aromatic carbocycles. The Kier molecular flexibility index (Phi) is 6.87. The Bertz CT molecular complexity index is 1090. The fourth-order valence-electron chi connectivity index (χ4n) is 5.11. The molecule has 9 nitrogen and oxygen atoms in total. The molecule has 2 aliphatic heterocycles. The molecule has 1 aromatic heterocycles. The standard InChI is InChI=1S/C25H36N4O5/c1-24(2,3)34-23(31)29-15-25(16-29)11-7-12-28(14-25)13-10-19(33-5)21-26-20-17(22(30)27-21)8-6-9-18(20)32-4/h6,8-9,19H,7,10-16H2,1-5H3,(H,26,27,30). The third kappa shape index (κ3) is 5.20. The van der Waals surface area contributed by atoms with Crippen LogP contribution < -0.4 is 10.3 Å². The van der Waals surface area contributed by atoms with Crippen molar-refractivity contribution >= 4 is 17.0 Å². The molecule has 1 atom stereocenters. The van der Waals surface area contributed by atoms with Crippen LogP contribution in [0.15, 0.2) is 23.0 Å². The number of carbonyl (C=O) groups excluding carboxylic acids is 1. The number of rotatable bonds is 6. The smallest absolute Gasteiger partial charge is 0.410 e. The van der Waals surface area contributed by atoms with Crippen LogP contribution in [0.3, 0.4) is 0 Å². The number of aromatic nitrogens is 2. The quantitative estimate of drug-likeness (QED) is 0.689. The Morgan fingerprint density at radius 3 is 2.68 bits per heavy atom. The molecule has 3 heterocycles. The molecule has 2 fully saturated rings. The van der Waals surface area contributed by atoms with Crippen LogP contribution in [0.2, 0.25) is 0 Å². The number of benzene rings is 1. The minimum Gasteiger partial charge on any atom is -0.494 e. The van der Waals surface area contributed by atoms with Crippen LogP contribution in [-0.4, -0.2) is 78.4 Å². The molecular formula is C25H36N4O5. The Hall–Kier alpha value is -2.65. The van der Waals surface area contributed by atoms with Gasteiger partial charge in [-0.1, -0.05) is 6.07 Å². The van der Waals surface area contributed by atoms with Crippen molar-refractivity contribution in [2.24, 2.45) is 5.41 Å². The summed E-state index contributed by atoms with van der Waals surface area (Å²) in [6.07, 6.45) is 2.36. The van der Waals surface area contributed by atoms with E-state index in [1.165, 1.54) is 0 Å². The van der Waals surface area contributed by atoms with Crippen molar-refractivity contribution in [3.63, 3.8) is 0 Å². The molecule has 1 amide bonds. The second-order valence-electron chi connectivity index (χ2n) is 10.5. The highest BCUT2D eigenvalue weighted by Crippen LogP contribution is 2.40. The molecule has 186 valence electrons. The van der Waals surface area contributed by atoms with Crippen molar-refractivity contribution in [2.75, 3.05) is 46.9 Å². The second-order valence-corrected chi connectivity index (χ2v) is 10.5. The molecule has 2 saturated heterocycles. The highest BCUT2D eigenvalue weighted by molar-refractivity contribution is 5.83. The van der Waals surface area contributed by atoms with Crippen LogP contribution in [0, 0.1) is 5.41 Å². The number of nitrogens with zero attached hydrogens (tertiary/aromatic N) is 3. The number of para-hydroxylation sites is 1. The molecule has 0 aliphatic carbocycles. The molecular weight excluding hydrogens is 436 g/mol. The minimum absolute atomic E-state index is 0.139. The van der Waals surface area contributed by atoms with Gasteiger partial charge in [-0.2, -0.15) is 0 Å². The molecule has 0 saturated carbocycles. The van der Waals surface area contributed by atoms with Crippen molar-refractivity contribution in [3.05, 3.63) is 34.4 Å². The van der Waals surface area contributed by atoms with E-state index in [0.29, 0.717) is 28.9 Å². The number of H-pyrrole nitrogens is 1. The maximum atomic E-state index is 12.6. The van der Waals surface area contributed by atoms with Gasteiger partial charge in [0.1, 0.15) is 28.8 Å². The van der Waals surface area contributed by atoms with Crippen LogP contribution in [0.25, 0.3) is 10.9 Å². The number of hydrogen-bond acceptors (Lipinski definition) is 7. The summed E-state index contributed by atoms with van der Waals surface area (Å²) in [6, 6.07) is 5.32. The van der Waals surface area contributed by atoms with Crippen LogP contribution in [0.4, 0.5) is 4.79 Å². The van der Waals surface area contributed by atoms with Crippen LogP contribution in [-0.2, 0) is 9.47 Å². The van der Waals surface area contributed by atoms with Gasteiger partial charge in [-0.3, -0.25) is 4.79 Å². The van der Waals surface area contributed by atoms with E-state index in [4.69, 9.17) is 14.2 Å². The lowest BCUT2D eigenvalue weighted by atomic mass is 9.73. The van der Waals surface area contributed by atoms with Gasteiger partial charge in [-0.05, 0) is 58.7 Å². The van der Waals surface area contributed by atoms with Gasteiger partial charge >= 0.3 is 6.09 Å². The summed E-state index contributed by atoms with van der Waals surface area (Å²) in [7, 11) is 3.21. The van der Waals surface area contributed by atoms with Crippen molar-refractivity contribution in [1.29, 1.82) is 0 Å². The zero-order valence-corrected chi connectivity index (χ0v) is 20.8. The van der Waals surface area contributed by atoms with E-state index in [2.05, 4.69) is 14.9 Å². The molecule has 1 spiro atoms. The molecule has 0 radical (unpaired) electrons. The van der Waals surface area contributed by atoms with Gasteiger partial charge in [-0.15, -0.1) is 0 Å². The third-order valence-corrected chi connectivity index (χ3v) is 6.68. The number of likely N-dealkylation sites (tertiary alicyclic amines) is 2. The average Bonchev–Trinajstić information content (AvgIpc) is 2.76. The summed E-state index contributed by atoms with van der Waals surface area (Å²) in [5, 5.41) is 0.496. The number of nitrogens with one attached hydrogen (secondary N) is 1. The highest BCUT2D eigenvalue weighted by atomic mass is 16.6. The van der Waals surface area contributed by atoms with Crippen LogP contribution >= 0.6 is 0 Å². The molecule has 2 aliphatic rings. The first-order valence-corrected chi connectivity index (χ1v) is 11.9. The first-order valence-electron chi connectivity index (χ1n) is 11.9. The van der Waals surface area contributed by atoms with E-state index in [-0.39, 0.29) is 23.2 Å². The number of carbonyl (C=O) groups is 1. The fraction of sp³-hybridized carbons (Fsp3) is 0.640. The number of fused-ring (bicyclic) bond motifs is 1. The SMILES string of the molecule is COc1cccc2c(=O)[nH]c(C(CCN3CCCC4(C3)CN(C(=O)OC(C)(C)C)C4)OC)nc12. The number of amides is 1. The minimum atomic E-state index is -0.477. The molecule has 2 aromatic rings. The van der Waals surface area contributed by atoms with Crippen molar-refractivity contribution < 1.29 is 19.0 Å². The Balaban J connectivity index is 1.38. The van der Waals surface area contributed by atoms with Gasteiger partial charge < -0.3 is 29.0 Å². The number of aromatic amines is 1. The molecule has 4 rings (SSSR count). The molecule has 1 unspecified atom stereocenters. The summed E-state index contributed by atoms with van der Waals surface area (Å²) >= 11 is 0. The lowest BCUT2D eigenvalue weighted by molar-refractivity contribution is -0.0661. The predicted molar refractivity (Wildman–Crippen MR) is 129 cm³/mol. The third-order valence-electron chi connectivity index (χ3n) is 6.68. The zero-order chi connectivity index (χ0) is 24.5. The van der Waals surface area contributed by atoms with Gasteiger partial charge in [0.15, 0.2) is 0 Å². The Morgan fingerprint density at radius 2 is 2.00 bits per heavy atom. The lowest BCUT2D eigenvalue weighted by Crippen LogP contribution is -2.64. The Labute approximate surface area is 200 Å². The monoisotopic (exact) mass is 472 g/mol. The maximum absolute atomic E-state index is 12.6. The van der Waals surface area contributed by atoms with E-state index in [0.717, 1.165) is 45.6 Å². The van der Waals surface area contributed by atoms with Crippen LogP contribution in [0.1, 0.15) is 52.0 Å². The highest BCUT2D eigenvalue weighted by Gasteiger charge is 2.48. The van der Waals surface area contributed by atoms with Gasteiger partial charge in [0, 0.05) is 38.7 Å². The van der Waals surface area contributed by atoms with Gasteiger partial charge in [0.2, 0.25) is 0 Å². The zero-order valence-electron chi connectivity index (χ0n) is 20.8. The molecule has 9 heteroatoms. The summed E-state index contributed by atoms with van der Waals surface area (Å²) < 4.78 is 16.6. The van der Waals surface area contributed by atoms with Crippen LogP contribution in [0.5, 0.6) is 5.75 Å². The van der Waals surface area contributed by atoms with E-state index in [9.17, 15) is 9.59 Å². The first-order chi connectivity index (χ1) is 16.1. The van der Waals surface area contributed by atoms with Crippen molar-refractivity contribution in [2.45, 2.75) is 51.7 Å². The van der Waals surface area contributed by atoms with Gasteiger partial charge in [-0.25, -0.2) is 9.78 Å². The van der Waals surface area contributed by atoms with Crippen molar-refractivity contribution in [3.8, 4) is 5.75 Å². The summed E-state index contributed by atoms with van der Waals surface area (Å²) in [5.74, 6) is 1.08. The number of methoxy groups -OCH3 is 2.